The van der Waals surface area contributed by atoms with Crippen molar-refractivity contribution in [3.05, 3.63) is 0 Å². The summed E-state index contributed by atoms with van der Waals surface area (Å²) in [5.74, 6) is -5.20. The Balaban J connectivity index is 2.98. The van der Waals surface area contributed by atoms with Crippen LogP contribution in [0.25, 0.3) is 0 Å². The molecule has 1 unspecified atom stereocenters. The molecular formula is C8H12O12P-3. The predicted octanol–water partition coefficient (Wildman–Crippen LogP) is -6.89. The molecule has 1 fully saturated rings. The van der Waals surface area contributed by atoms with Gasteiger partial charge < -0.3 is 59.0 Å². The lowest BCUT2D eigenvalue weighted by Gasteiger charge is -2.47. The topological polar surface area (TPSA) is 223 Å². The number of phosphoric ester groups is 1. The van der Waals surface area contributed by atoms with Gasteiger partial charge in [-0.1, -0.05) is 0 Å². The number of rotatable bonds is 5. The first kappa shape index (κ1) is 18.4. The molecule has 5 N–H and O–H groups in total. The van der Waals surface area contributed by atoms with E-state index in [0.29, 0.717) is 0 Å². The third kappa shape index (κ3) is 4.17. The average Bonchev–Trinajstić information content (AvgIpc) is 2.37. The van der Waals surface area contributed by atoms with Crippen LogP contribution in [-0.2, 0) is 18.6 Å². The van der Waals surface area contributed by atoms with Gasteiger partial charge in [-0.05, 0) is 0 Å². The Morgan fingerprint density at radius 1 is 1.33 bits per heavy atom. The highest BCUT2D eigenvalue weighted by Gasteiger charge is 2.55. The summed E-state index contributed by atoms with van der Waals surface area (Å²) in [4.78, 5) is 31.2. The molecule has 12 nitrogen and oxygen atoms in total. The Morgan fingerprint density at radius 2 is 1.86 bits per heavy atom. The van der Waals surface area contributed by atoms with E-state index in [1.807, 2.05) is 0 Å². The molecule has 1 heterocycles. The summed E-state index contributed by atoms with van der Waals surface area (Å²) >= 11 is 0. The van der Waals surface area contributed by atoms with Crippen LogP contribution in [-0.4, -0.2) is 74.4 Å². The second kappa shape index (κ2) is 6.22. The van der Waals surface area contributed by atoms with Crippen LogP contribution in [0.2, 0.25) is 0 Å². The van der Waals surface area contributed by atoms with Crippen LogP contribution in [0.3, 0.4) is 0 Å². The molecule has 1 saturated heterocycles. The number of aliphatic hydroxyl groups excluding tert-OH is 4. The fraction of sp³-hybridized carbons (Fsp3) is 0.875. The molecule has 1 rings (SSSR count). The van der Waals surface area contributed by atoms with Crippen LogP contribution in [0.5, 0.6) is 0 Å². The quantitative estimate of drug-likeness (QED) is 0.296. The summed E-state index contributed by atoms with van der Waals surface area (Å²) in [6.07, 6.45) is -11.5. The molecule has 0 aromatic rings. The van der Waals surface area contributed by atoms with Crippen LogP contribution in [0.15, 0.2) is 0 Å². The molecule has 0 aromatic carbocycles. The number of ether oxygens (including phenoxy) is 1. The maximum atomic E-state index is 10.5. The minimum Gasteiger partial charge on any atom is -0.790 e. The van der Waals surface area contributed by atoms with Crippen molar-refractivity contribution in [2.75, 3.05) is 6.61 Å². The Labute approximate surface area is 117 Å². The monoisotopic (exact) mass is 331 g/mol. The summed E-state index contributed by atoms with van der Waals surface area (Å²) in [5, 5.41) is 58.0. The van der Waals surface area contributed by atoms with Crippen molar-refractivity contribution in [1.82, 2.24) is 0 Å². The summed E-state index contributed by atoms with van der Waals surface area (Å²) < 4.78 is 18.5. The van der Waals surface area contributed by atoms with E-state index in [-0.39, 0.29) is 0 Å². The van der Waals surface area contributed by atoms with Gasteiger partial charge in [-0.15, -0.1) is 0 Å². The standard InChI is InChI=1S/C8H15O12P/c9-2-3(10)6(12)8(15,1-19-21(16,17)18)20-5(2)4(11)7(13)14/h2-6,9-12,15H,1H2,(H,13,14)(H2,16,17,18)/p-3/t2-,3+,4?,5+,6-,8+/m0/s1. The number of phosphoric acid groups is 1. The van der Waals surface area contributed by atoms with E-state index < -0.39 is 56.7 Å². The summed E-state index contributed by atoms with van der Waals surface area (Å²) in [6, 6.07) is 0. The third-order valence-electron chi connectivity index (χ3n) is 2.79. The zero-order valence-electron chi connectivity index (χ0n) is 10.1. The third-order valence-corrected chi connectivity index (χ3v) is 3.24. The van der Waals surface area contributed by atoms with Crippen LogP contribution in [0, 0.1) is 0 Å². The fourth-order valence-corrected chi connectivity index (χ4v) is 2.04. The lowest BCUT2D eigenvalue weighted by Crippen LogP contribution is -2.69. The molecule has 0 radical (unpaired) electrons. The van der Waals surface area contributed by atoms with Gasteiger partial charge in [0, 0.05) is 0 Å². The lowest BCUT2D eigenvalue weighted by molar-refractivity contribution is -0.384. The lowest BCUT2D eigenvalue weighted by atomic mass is 9.90. The molecule has 0 bridgehead atoms. The number of hydrogen-bond acceptors (Lipinski definition) is 12. The maximum absolute atomic E-state index is 10.5. The first-order chi connectivity index (χ1) is 9.39. The fourth-order valence-electron chi connectivity index (χ4n) is 1.70. The predicted molar refractivity (Wildman–Crippen MR) is 52.4 cm³/mol. The Bertz CT molecular complexity index is 435. The van der Waals surface area contributed by atoms with E-state index in [1.165, 1.54) is 0 Å². The Morgan fingerprint density at radius 3 is 2.29 bits per heavy atom. The first-order valence-electron chi connectivity index (χ1n) is 5.39. The number of aliphatic carboxylic acids is 1. The van der Waals surface area contributed by atoms with Gasteiger partial charge in [-0.2, -0.15) is 0 Å². The van der Waals surface area contributed by atoms with Gasteiger partial charge in [0.15, 0.2) is 0 Å². The van der Waals surface area contributed by atoms with Crippen molar-refractivity contribution in [2.24, 2.45) is 0 Å². The average molecular weight is 331 g/mol. The second-order valence-corrected chi connectivity index (χ2v) is 5.49. The molecule has 1 aliphatic rings. The van der Waals surface area contributed by atoms with E-state index in [0.717, 1.165) is 0 Å². The number of carbonyl (C=O) groups excluding carboxylic acids is 1. The van der Waals surface area contributed by atoms with Crippen LogP contribution < -0.4 is 14.9 Å². The highest BCUT2D eigenvalue weighted by molar-refractivity contribution is 7.43. The van der Waals surface area contributed by atoms with E-state index in [9.17, 15) is 49.8 Å². The smallest absolute Gasteiger partial charge is 0.219 e. The van der Waals surface area contributed by atoms with Crippen molar-refractivity contribution >= 4 is 13.8 Å². The van der Waals surface area contributed by atoms with Crippen LogP contribution in [0.4, 0.5) is 0 Å². The Hall–Kier alpha value is -0.660. The number of carboxylic acid groups (broad SMARTS) is 1. The van der Waals surface area contributed by atoms with E-state index in [2.05, 4.69) is 9.26 Å². The molecule has 0 aliphatic carbocycles. The van der Waals surface area contributed by atoms with Gasteiger partial charge in [0.25, 0.3) is 0 Å². The molecule has 0 spiro atoms. The summed E-state index contributed by atoms with van der Waals surface area (Å²) in [6.45, 7) is -1.50. The highest BCUT2D eigenvalue weighted by Crippen LogP contribution is 2.34. The van der Waals surface area contributed by atoms with Gasteiger partial charge >= 0.3 is 0 Å². The van der Waals surface area contributed by atoms with Crippen LogP contribution >= 0.6 is 7.82 Å². The van der Waals surface area contributed by atoms with Gasteiger partial charge in [0.05, 0.1) is 13.8 Å². The van der Waals surface area contributed by atoms with E-state index in [1.54, 1.807) is 0 Å². The first-order valence-corrected chi connectivity index (χ1v) is 6.85. The van der Waals surface area contributed by atoms with Gasteiger partial charge in [-0.3, -0.25) is 0 Å². The highest BCUT2D eigenvalue weighted by atomic mass is 31.2. The van der Waals surface area contributed by atoms with Crippen LogP contribution in [0.1, 0.15) is 0 Å². The molecule has 124 valence electrons. The molecule has 0 aromatic heterocycles. The molecule has 6 atom stereocenters. The Kier molecular flexibility index (Phi) is 5.45. The summed E-state index contributed by atoms with van der Waals surface area (Å²) in [7, 11) is -5.59. The number of aliphatic hydroxyl groups is 5. The minimum absolute atomic E-state index is 1.50. The molecule has 21 heavy (non-hydrogen) atoms. The van der Waals surface area contributed by atoms with E-state index in [4.69, 9.17) is 0 Å². The van der Waals surface area contributed by atoms with Crippen molar-refractivity contribution < 1.29 is 59.0 Å². The van der Waals surface area contributed by atoms with Gasteiger partial charge in [0.1, 0.15) is 37.1 Å². The number of hydrogen-bond donors (Lipinski definition) is 5. The van der Waals surface area contributed by atoms with Crippen molar-refractivity contribution in [1.29, 1.82) is 0 Å². The zero-order chi connectivity index (χ0) is 16.6. The second-order valence-electron chi connectivity index (χ2n) is 4.34. The van der Waals surface area contributed by atoms with Crippen molar-refractivity contribution in [3.63, 3.8) is 0 Å². The van der Waals surface area contributed by atoms with E-state index >= 15 is 0 Å². The van der Waals surface area contributed by atoms with Gasteiger partial charge in [-0.25, -0.2) is 0 Å². The molecular weight excluding hydrogens is 319 g/mol. The number of carboxylic acids is 1. The molecule has 0 saturated carbocycles. The molecule has 1 aliphatic heterocycles. The van der Waals surface area contributed by atoms with Crippen molar-refractivity contribution in [2.45, 2.75) is 36.3 Å². The zero-order valence-corrected chi connectivity index (χ0v) is 11.0. The minimum atomic E-state index is -5.59. The molecule has 0 amide bonds. The molecule has 13 heteroatoms. The van der Waals surface area contributed by atoms with Gasteiger partial charge in [0.2, 0.25) is 5.79 Å². The SMILES string of the molecule is O=C([O-])C(O)[C@@H]1O[C@](O)(COP(=O)([O-])[O-])[C@@H](O)[C@H](O)[C@@H]1O. The largest absolute Gasteiger partial charge is 0.790 e. The van der Waals surface area contributed by atoms with Crippen molar-refractivity contribution in [3.8, 4) is 0 Å². The maximum Gasteiger partial charge on any atom is 0.219 e. The number of carbonyl (C=O) groups is 1. The normalized spacial score (nSPS) is 39.0. The summed E-state index contributed by atoms with van der Waals surface area (Å²) in [5.41, 5.74) is 0.